The summed E-state index contributed by atoms with van der Waals surface area (Å²) in [5.74, 6) is -0.941. The van der Waals surface area contributed by atoms with Gasteiger partial charge < -0.3 is 19.7 Å². The summed E-state index contributed by atoms with van der Waals surface area (Å²) in [5.41, 5.74) is -3.75. The SMILES string of the molecule is CCOC(=O)CC1CCN(C(=O)/C=C/c2ccc(Sc3cccc(NC4CCOCC4)c3)c(C(F)(F)F)c2C(F)(F)F)CC1. The van der Waals surface area contributed by atoms with Crippen molar-refractivity contribution in [1.29, 1.82) is 0 Å². The van der Waals surface area contributed by atoms with Crippen molar-refractivity contribution in [3.63, 3.8) is 0 Å². The van der Waals surface area contributed by atoms with Gasteiger partial charge >= 0.3 is 18.3 Å². The van der Waals surface area contributed by atoms with Crippen LogP contribution in [0.1, 0.15) is 55.7 Å². The molecule has 6 nitrogen and oxygen atoms in total. The van der Waals surface area contributed by atoms with Gasteiger partial charge in [-0.05, 0) is 74.4 Å². The number of ether oxygens (including phenoxy) is 2. The van der Waals surface area contributed by atoms with E-state index in [9.17, 15) is 35.9 Å². The zero-order chi connectivity index (χ0) is 31.9. The highest BCUT2D eigenvalue weighted by Crippen LogP contribution is 2.48. The first-order valence-electron chi connectivity index (χ1n) is 14.4. The van der Waals surface area contributed by atoms with E-state index in [1.165, 1.54) is 11.0 Å². The van der Waals surface area contributed by atoms with Crippen molar-refractivity contribution in [2.45, 2.75) is 67.2 Å². The van der Waals surface area contributed by atoms with Gasteiger partial charge in [0.25, 0.3) is 0 Å². The Balaban J connectivity index is 1.54. The summed E-state index contributed by atoms with van der Waals surface area (Å²) in [5, 5.41) is 3.31. The number of rotatable bonds is 9. The fourth-order valence-corrected chi connectivity index (χ4v) is 6.39. The summed E-state index contributed by atoms with van der Waals surface area (Å²) in [4.78, 5) is 25.6. The van der Waals surface area contributed by atoms with Crippen LogP contribution in [0.3, 0.4) is 0 Å². The molecule has 44 heavy (non-hydrogen) atoms. The molecule has 0 unspecified atom stereocenters. The maximum atomic E-state index is 14.3. The van der Waals surface area contributed by atoms with Gasteiger partial charge in [-0.3, -0.25) is 9.59 Å². The zero-order valence-corrected chi connectivity index (χ0v) is 24.9. The van der Waals surface area contributed by atoms with Gasteiger partial charge in [0.05, 0.1) is 17.7 Å². The zero-order valence-electron chi connectivity index (χ0n) is 24.1. The number of hydrogen-bond donors (Lipinski definition) is 1. The molecule has 0 saturated carbocycles. The molecule has 1 N–H and O–H groups in total. The van der Waals surface area contributed by atoms with Crippen LogP contribution in [0.15, 0.2) is 52.3 Å². The van der Waals surface area contributed by atoms with Crippen LogP contribution in [0.4, 0.5) is 32.0 Å². The number of nitrogens with one attached hydrogen (secondary N) is 1. The van der Waals surface area contributed by atoms with Crippen molar-refractivity contribution in [1.82, 2.24) is 4.90 Å². The van der Waals surface area contributed by atoms with Crippen LogP contribution >= 0.6 is 11.8 Å². The Bertz CT molecular complexity index is 1330. The van der Waals surface area contributed by atoms with Crippen LogP contribution in [0.25, 0.3) is 6.08 Å². The lowest BCUT2D eigenvalue weighted by Crippen LogP contribution is -2.38. The highest BCUT2D eigenvalue weighted by Gasteiger charge is 2.46. The van der Waals surface area contributed by atoms with E-state index in [2.05, 4.69) is 5.32 Å². The van der Waals surface area contributed by atoms with Gasteiger partial charge in [0.2, 0.25) is 5.91 Å². The molecule has 13 heteroatoms. The molecule has 2 saturated heterocycles. The normalized spacial score (nSPS) is 17.2. The quantitative estimate of drug-likeness (QED) is 0.172. The molecule has 2 aromatic carbocycles. The molecule has 2 heterocycles. The number of anilines is 1. The standard InChI is InChI=1S/C31H34F6N2O4S/c1-2-43-27(41)18-20-10-14-39(15-11-20)26(40)9-7-21-6-8-25(29(31(35,36)37)28(21)30(32,33)34)44-24-5-3-4-23(19-24)38-22-12-16-42-17-13-22/h3-9,19-20,22,38H,2,10-18H2,1H3/b9-7+. The Morgan fingerprint density at radius 3 is 2.32 bits per heavy atom. The van der Waals surface area contributed by atoms with Crippen LogP contribution < -0.4 is 5.32 Å². The van der Waals surface area contributed by atoms with Crippen molar-refractivity contribution >= 4 is 35.4 Å². The molecule has 4 rings (SSSR count). The van der Waals surface area contributed by atoms with Crippen LogP contribution in [0, 0.1) is 5.92 Å². The van der Waals surface area contributed by atoms with E-state index in [4.69, 9.17) is 9.47 Å². The molecule has 2 fully saturated rings. The summed E-state index contributed by atoms with van der Waals surface area (Å²) >= 11 is 0.594. The molecule has 0 atom stereocenters. The van der Waals surface area contributed by atoms with Crippen LogP contribution in [0.2, 0.25) is 0 Å². The summed E-state index contributed by atoms with van der Waals surface area (Å²) < 4.78 is 96.0. The first kappa shape index (κ1) is 33.7. The van der Waals surface area contributed by atoms with E-state index >= 15 is 0 Å². The predicted octanol–water partition coefficient (Wildman–Crippen LogP) is 7.67. The van der Waals surface area contributed by atoms with Crippen molar-refractivity contribution in [3.05, 3.63) is 59.2 Å². The van der Waals surface area contributed by atoms with Crippen molar-refractivity contribution in [3.8, 4) is 0 Å². The molecule has 0 bridgehead atoms. The minimum absolute atomic E-state index is 0.0108. The molecular formula is C31H34F6N2O4S. The number of nitrogens with zero attached hydrogens (tertiary/aromatic N) is 1. The largest absolute Gasteiger partial charge is 0.466 e. The molecule has 0 aliphatic carbocycles. The van der Waals surface area contributed by atoms with E-state index in [1.807, 2.05) is 0 Å². The highest BCUT2D eigenvalue weighted by atomic mass is 32.2. The third-order valence-electron chi connectivity index (χ3n) is 7.51. The Morgan fingerprint density at radius 1 is 1.00 bits per heavy atom. The molecule has 0 spiro atoms. The van der Waals surface area contributed by atoms with Gasteiger partial charge in [0.1, 0.15) is 0 Å². The topological polar surface area (TPSA) is 67.9 Å². The van der Waals surface area contributed by atoms with Gasteiger partial charge in [0.15, 0.2) is 0 Å². The number of alkyl halides is 6. The lowest BCUT2D eigenvalue weighted by atomic mass is 9.93. The van der Waals surface area contributed by atoms with Crippen molar-refractivity contribution < 1.29 is 45.4 Å². The van der Waals surface area contributed by atoms with Gasteiger partial charge in [0, 0.05) is 60.3 Å². The third-order valence-corrected chi connectivity index (χ3v) is 8.56. The van der Waals surface area contributed by atoms with Gasteiger partial charge in [-0.1, -0.05) is 23.9 Å². The number of hydrogen-bond acceptors (Lipinski definition) is 6. The summed E-state index contributed by atoms with van der Waals surface area (Å²) in [6.45, 7) is 3.67. The second-order valence-corrected chi connectivity index (χ2v) is 11.8. The molecule has 2 aromatic rings. The highest BCUT2D eigenvalue weighted by molar-refractivity contribution is 7.99. The van der Waals surface area contributed by atoms with Gasteiger partial charge in [-0.25, -0.2) is 0 Å². The van der Waals surface area contributed by atoms with Gasteiger partial charge in [-0.2, -0.15) is 26.3 Å². The smallest absolute Gasteiger partial charge is 0.418 e. The van der Waals surface area contributed by atoms with E-state index in [0.717, 1.165) is 37.1 Å². The molecular weight excluding hydrogens is 610 g/mol. The van der Waals surface area contributed by atoms with E-state index in [-0.39, 0.29) is 44.0 Å². The van der Waals surface area contributed by atoms with E-state index in [0.29, 0.717) is 48.4 Å². The predicted molar refractivity (Wildman–Crippen MR) is 154 cm³/mol. The molecule has 2 aliphatic rings. The van der Waals surface area contributed by atoms with Gasteiger partial charge in [-0.15, -0.1) is 0 Å². The first-order chi connectivity index (χ1) is 20.8. The number of piperidine rings is 1. The van der Waals surface area contributed by atoms with Crippen molar-refractivity contribution in [2.75, 3.05) is 38.2 Å². The van der Waals surface area contributed by atoms with Crippen LogP contribution in [0.5, 0.6) is 0 Å². The Morgan fingerprint density at radius 2 is 1.68 bits per heavy atom. The number of likely N-dealkylation sites (tertiary alicyclic amines) is 1. The average molecular weight is 645 g/mol. The van der Waals surface area contributed by atoms with E-state index in [1.54, 1.807) is 25.1 Å². The molecule has 0 radical (unpaired) electrons. The number of benzene rings is 2. The lowest BCUT2D eigenvalue weighted by Gasteiger charge is -2.30. The fraction of sp³-hybridized carbons (Fsp3) is 0.484. The maximum Gasteiger partial charge on any atom is 0.418 e. The van der Waals surface area contributed by atoms with Crippen LogP contribution in [-0.4, -0.2) is 55.7 Å². The second kappa shape index (κ2) is 14.7. The Labute approximate surface area is 256 Å². The average Bonchev–Trinajstić information content (AvgIpc) is 2.96. The number of carbonyl (C=O) groups excluding carboxylic acids is 2. The number of amides is 1. The third kappa shape index (κ3) is 9.16. The maximum absolute atomic E-state index is 14.3. The summed E-state index contributed by atoms with van der Waals surface area (Å²) in [6.07, 6.45) is -6.27. The lowest BCUT2D eigenvalue weighted by molar-refractivity contribution is -0.163. The number of esters is 1. The minimum Gasteiger partial charge on any atom is -0.466 e. The van der Waals surface area contributed by atoms with Crippen LogP contribution in [-0.2, 0) is 31.4 Å². The molecule has 2 aliphatic heterocycles. The van der Waals surface area contributed by atoms with Crippen molar-refractivity contribution in [2.24, 2.45) is 5.92 Å². The second-order valence-electron chi connectivity index (χ2n) is 10.7. The molecule has 240 valence electrons. The minimum atomic E-state index is -5.35. The summed E-state index contributed by atoms with van der Waals surface area (Å²) in [6, 6.07) is 8.61. The summed E-state index contributed by atoms with van der Waals surface area (Å²) in [7, 11) is 0. The number of halogens is 6. The monoisotopic (exact) mass is 644 g/mol. The number of carbonyl (C=O) groups is 2. The Hall–Kier alpha value is -3.19. The van der Waals surface area contributed by atoms with E-state index < -0.39 is 39.8 Å². The first-order valence-corrected chi connectivity index (χ1v) is 15.2. The molecule has 1 amide bonds. The molecule has 0 aromatic heterocycles. The fourth-order valence-electron chi connectivity index (χ4n) is 5.34. The Kier molecular flexibility index (Phi) is 11.3.